The average molecular weight is 463 g/mol. The number of ether oxygens (including phenoxy) is 2. The monoisotopic (exact) mass is 462 g/mol. The van der Waals surface area contributed by atoms with Crippen molar-refractivity contribution in [3.8, 4) is 11.5 Å². The molecular weight excluding hydrogens is 444 g/mol. The summed E-state index contributed by atoms with van der Waals surface area (Å²) in [5.41, 5.74) is 3.19. The minimum absolute atomic E-state index is 0.237. The number of hydrogen-bond donors (Lipinski definition) is 3. The van der Waals surface area contributed by atoms with E-state index in [4.69, 9.17) is 9.47 Å². The lowest BCUT2D eigenvalue weighted by molar-refractivity contribution is -0.138. The number of halogens is 1. The second kappa shape index (κ2) is 10.8. The lowest BCUT2D eigenvalue weighted by Crippen LogP contribution is -2.35. The number of nitrogens with zero attached hydrogens (tertiary/aromatic N) is 1. The average Bonchev–Trinajstić information content (AvgIpc) is 2.73. The van der Waals surface area contributed by atoms with Crippen molar-refractivity contribution in [3.63, 3.8) is 0 Å². The Hall–Kier alpha value is -3.40. The quantitative estimate of drug-likeness (QED) is 0.328. The number of nitrogens with one attached hydrogen (secondary N) is 3. The molecule has 0 saturated heterocycles. The Labute approximate surface area is 175 Å². The highest BCUT2D eigenvalue weighted by molar-refractivity contribution is 9.10. The molecule has 2 rings (SSSR count). The molecule has 0 heterocycles. The van der Waals surface area contributed by atoms with Gasteiger partial charge in [0.25, 0.3) is 5.91 Å². The van der Waals surface area contributed by atoms with Crippen LogP contribution in [0.25, 0.3) is 0 Å². The first-order chi connectivity index (χ1) is 13.9. The van der Waals surface area contributed by atoms with Crippen molar-refractivity contribution < 1.29 is 23.9 Å². The van der Waals surface area contributed by atoms with Crippen molar-refractivity contribution >= 4 is 45.6 Å². The third-order valence-electron chi connectivity index (χ3n) is 3.51. The largest absolute Gasteiger partial charge is 0.497 e. The Bertz CT molecular complexity index is 915. The van der Waals surface area contributed by atoms with Crippen LogP contribution < -0.4 is 25.5 Å². The van der Waals surface area contributed by atoms with Gasteiger partial charge in [-0.05, 0) is 42.5 Å². The molecule has 0 spiro atoms. The van der Waals surface area contributed by atoms with Gasteiger partial charge in [0.1, 0.15) is 11.5 Å². The Balaban J connectivity index is 1.98. The Kier molecular flexibility index (Phi) is 8.16. The zero-order valence-corrected chi connectivity index (χ0v) is 17.3. The molecule has 3 amide bonds. The van der Waals surface area contributed by atoms with Gasteiger partial charge in [-0.25, -0.2) is 5.43 Å². The van der Waals surface area contributed by atoms with Crippen LogP contribution in [-0.4, -0.2) is 44.7 Å². The van der Waals surface area contributed by atoms with Gasteiger partial charge < -0.3 is 20.1 Å². The van der Waals surface area contributed by atoms with E-state index in [1.807, 2.05) is 0 Å². The molecule has 9 nitrogen and oxygen atoms in total. The van der Waals surface area contributed by atoms with Crippen molar-refractivity contribution in [1.82, 2.24) is 10.7 Å². The third kappa shape index (κ3) is 6.92. The summed E-state index contributed by atoms with van der Waals surface area (Å²) in [4.78, 5) is 34.7. The number of anilines is 1. The summed E-state index contributed by atoms with van der Waals surface area (Å²) >= 11 is 3.33. The van der Waals surface area contributed by atoms with Gasteiger partial charge in [0.15, 0.2) is 6.61 Å². The van der Waals surface area contributed by atoms with Gasteiger partial charge >= 0.3 is 11.8 Å². The Morgan fingerprint density at radius 2 is 1.83 bits per heavy atom. The molecule has 0 saturated carbocycles. The third-order valence-corrected chi connectivity index (χ3v) is 4.00. The van der Waals surface area contributed by atoms with Crippen molar-refractivity contribution in [1.29, 1.82) is 0 Å². The van der Waals surface area contributed by atoms with Gasteiger partial charge in [-0.3, -0.25) is 14.4 Å². The predicted molar refractivity (Wildman–Crippen MR) is 111 cm³/mol. The van der Waals surface area contributed by atoms with Crippen molar-refractivity contribution in [2.24, 2.45) is 5.10 Å². The van der Waals surface area contributed by atoms with Crippen LogP contribution in [0.2, 0.25) is 0 Å². The van der Waals surface area contributed by atoms with Gasteiger partial charge in [-0.15, -0.1) is 0 Å². The summed E-state index contributed by atoms with van der Waals surface area (Å²) in [5.74, 6) is -1.02. The van der Waals surface area contributed by atoms with E-state index >= 15 is 0 Å². The second-order valence-electron chi connectivity index (χ2n) is 5.53. The highest BCUT2D eigenvalue weighted by Crippen LogP contribution is 2.22. The molecule has 0 bridgehead atoms. The van der Waals surface area contributed by atoms with E-state index < -0.39 is 11.8 Å². The number of carbonyl (C=O) groups is 3. The molecule has 152 valence electrons. The summed E-state index contributed by atoms with van der Waals surface area (Å²) in [5, 5.41) is 8.62. The first-order valence-electron chi connectivity index (χ1n) is 8.34. The minimum atomic E-state index is -0.903. The van der Waals surface area contributed by atoms with E-state index in [0.29, 0.717) is 22.7 Å². The first-order valence-corrected chi connectivity index (χ1v) is 9.13. The lowest BCUT2D eigenvalue weighted by Gasteiger charge is -2.10. The molecule has 0 aliphatic carbocycles. The maximum absolute atomic E-state index is 12.1. The molecule has 0 unspecified atom stereocenters. The van der Waals surface area contributed by atoms with Crippen LogP contribution in [0.3, 0.4) is 0 Å². The van der Waals surface area contributed by atoms with E-state index in [1.54, 1.807) is 49.6 Å². The number of amides is 3. The van der Waals surface area contributed by atoms with Gasteiger partial charge in [0.2, 0.25) is 0 Å². The summed E-state index contributed by atoms with van der Waals surface area (Å²) < 4.78 is 11.4. The van der Waals surface area contributed by atoms with Crippen molar-refractivity contribution in [3.05, 3.63) is 52.5 Å². The number of hydrazone groups is 1. The highest BCUT2D eigenvalue weighted by atomic mass is 79.9. The van der Waals surface area contributed by atoms with Crippen LogP contribution in [0, 0.1) is 0 Å². The zero-order valence-electron chi connectivity index (χ0n) is 15.7. The molecule has 2 aromatic carbocycles. The molecule has 29 heavy (non-hydrogen) atoms. The van der Waals surface area contributed by atoms with Crippen molar-refractivity contribution in [2.45, 2.75) is 0 Å². The van der Waals surface area contributed by atoms with E-state index in [2.05, 4.69) is 37.1 Å². The smallest absolute Gasteiger partial charge is 0.329 e. The Morgan fingerprint density at radius 1 is 1.10 bits per heavy atom. The van der Waals surface area contributed by atoms with E-state index in [9.17, 15) is 14.4 Å². The number of carbonyl (C=O) groups excluding carboxylic acids is 3. The van der Waals surface area contributed by atoms with Gasteiger partial charge in [0.05, 0.1) is 13.3 Å². The van der Waals surface area contributed by atoms with Crippen LogP contribution in [0.1, 0.15) is 5.56 Å². The molecule has 0 aromatic heterocycles. The maximum Gasteiger partial charge on any atom is 0.329 e. The number of methoxy groups -OCH3 is 1. The number of hydrogen-bond acceptors (Lipinski definition) is 6. The number of benzene rings is 2. The number of likely N-dealkylation sites (N-methyl/N-ethyl adjacent to an activating group) is 1. The molecule has 0 aliphatic heterocycles. The topological polar surface area (TPSA) is 118 Å². The van der Waals surface area contributed by atoms with Crippen LogP contribution in [0.5, 0.6) is 11.5 Å². The molecule has 3 N–H and O–H groups in total. The SMILES string of the molecule is CNC(=O)C(=O)N/N=C\c1cc(Br)ccc1OCC(=O)Nc1ccc(OC)cc1. The fourth-order valence-electron chi connectivity index (χ4n) is 2.09. The first kappa shape index (κ1) is 21.9. The van der Waals surface area contributed by atoms with E-state index in [1.165, 1.54) is 13.3 Å². The summed E-state index contributed by atoms with van der Waals surface area (Å²) in [6, 6.07) is 11.9. The molecule has 0 radical (unpaired) electrons. The minimum Gasteiger partial charge on any atom is -0.497 e. The highest BCUT2D eigenvalue weighted by Gasteiger charge is 2.10. The molecule has 2 aromatic rings. The molecule has 10 heteroatoms. The van der Waals surface area contributed by atoms with Gasteiger partial charge in [0, 0.05) is 22.8 Å². The lowest BCUT2D eigenvalue weighted by atomic mass is 10.2. The molecule has 0 atom stereocenters. The van der Waals surface area contributed by atoms with Crippen LogP contribution in [-0.2, 0) is 14.4 Å². The summed E-state index contributed by atoms with van der Waals surface area (Å²) in [6.45, 7) is -0.237. The van der Waals surface area contributed by atoms with Crippen LogP contribution in [0.15, 0.2) is 52.0 Å². The second-order valence-corrected chi connectivity index (χ2v) is 6.44. The molecule has 0 aliphatic rings. The van der Waals surface area contributed by atoms with Crippen LogP contribution >= 0.6 is 15.9 Å². The van der Waals surface area contributed by atoms with Gasteiger partial charge in [-0.1, -0.05) is 15.9 Å². The Morgan fingerprint density at radius 3 is 2.48 bits per heavy atom. The van der Waals surface area contributed by atoms with E-state index in [-0.39, 0.29) is 12.5 Å². The summed E-state index contributed by atoms with van der Waals surface area (Å²) in [6.07, 6.45) is 1.31. The summed E-state index contributed by atoms with van der Waals surface area (Å²) in [7, 11) is 2.90. The number of rotatable bonds is 7. The standard InChI is InChI=1S/C19H19BrN4O5/c1-21-18(26)19(27)24-22-10-12-9-13(20)3-8-16(12)29-11-17(25)23-14-4-6-15(28-2)7-5-14/h3-10H,11H2,1-2H3,(H,21,26)(H,23,25)(H,24,27)/b22-10-. The van der Waals surface area contributed by atoms with Crippen LogP contribution in [0.4, 0.5) is 5.69 Å². The zero-order chi connectivity index (χ0) is 21.2. The van der Waals surface area contributed by atoms with Crippen molar-refractivity contribution in [2.75, 3.05) is 26.1 Å². The van der Waals surface area contributed by atoms with Gasteiger partial charge in [-0.2, -0.15) is 5.10 Å². The fraction of sp³-hybridized carbons (Fsp3) is 0.158. The predicted octanol–water partition coefficient (Wildman–Crippen LogP) is 1.67. The molecule has 0 fully saturated rings. The fourth-order valence-corrected chi connectivity index (χ4v) is 2.47. The van der Waals surface area contributed by atoms with E-state index in [0.717, 1.165) is 4.47 Å². The normalized spacial score (nSPS) is 10.3. The maximum atomic E-state index is 12.1. The molecular formula is C19H19BrN4O5.